The van der Waals surface area contributed by atoms with Crippen LogP contribution in [0.15, 0.2) is 76.4 Å². The number of benzene rings is 2. The van der Waals surface area contributed by atoms with Crippen molar-refractivity contribution < 1.29 is 13.2 Å². The predicted molar refractivity (Wildman–Crippen MR) is 92.0 cm³/mol. The molecule has 0 aliphatic heterocycles. The van der Waals surface area contributed by atoms with Crippen molar-refractivity contribution in [1.82, 2.24) is 3.97 Å². The number of halogens is 1. The molecule has 6 heteroatoms. The van der Waals surface area contributed by atoms with Crippen LogP contribution in [0.25, 0.3) is 11.1 Å². The van der Waals surface area contributed by atoms with E-state index in [0.717, 1.165) is 14.0 Å². The normalized spacial score (nSPS) is 11.3. The van der Waals surface area contributed by atoms with Gasteiger partial charge in [0.2, 0.25) is 0 Å². The van der Waals surface area contributed by atoms with Crippen molar-refractivity contribution in [3.8, 4) is 11.1 Å². The molecule has 0 fully saturated rings. The first-order valence-corrected chi connectivity index (χ1v) is 8.99. The first-order chi connectivity index (χ1) is 11.0. The Kier molecular flexibility index (Phi) is 4.19. The van der Waals surface area contributed by atoms with E-state index in [4.69, 9.17) is 0 Å². The van der Waals surface area contributed by atoms with Gasteiger partial charge in [-0.2, -0.15) is 0 Å². The maximum absolute atomic E-state index is 12.7. The Morgan fingerprint density at radius 1 is 0.957 bits per heavy atom. The molecule has 0 saturated carbocycles. The van der Waals surface area contributed by atoms with E-state index in [1.54, 1.807) is 18.2 Å². The summed E-state index contributed by atoms with van der Waals surface area (Å²) in [4.78, 5) is 11.5. The number of carbonyl (C=O) groups is 1. The second kappa shape index (κ2) is 6.14. The smallest absolute Gasteiger partial charge is 0.267 e. The number of hydrogen-bond donors (Lipinski definition) is 0. The van der Waals surface area contributed by atoms with E-state index in [1.807, 2.05) is 24.3 Å². The first-order valence-electron chi connectivity index (χ1n) is 6.76. The molecule has 1 heterocycles. The number of carbonyl (C=O) groups excluding carboxylic acids is 1. The van der Waals surface area contributed by atoms with E-state index in [1.165, 1.54) is 24.5 Å². The molecule has 1 aromatic heterocycles. The molecule has 0 N–H and O–H groups in total. The summed E-state index contributed by atoms with van der Waals surface area (Å²) < 4.78 is 27.2. The summed E-state index contributed by atoms with van der Waals surface area (Å²) >= 11 is 3.38. The average molecular weight is 390 g/mol. The Morgan fingerprint density at radius 2 is 1.70 bits per heavy atom. The van der Waals surface area contributed by atoms with Crippen molar-refractivity contribution in [1.29, 1.82) is 0 Å². The standard InChI is InChI=1S/C17H12BrNO3S/c18-15-6-4-5-13(9-15)17-11-19(10-14(17)12-20)23(21,22)16-7-2-1-3-8-16/h1-12H. The van der Waals surface area contributed by atoms with Gasteiger partial charge in [0, 0.05) is 28.0 Å². The van der Waals surface area contributed by atoms with Crippen molar-refractivity contribution in [2.45, 2.75) is 4.90 Å². The van der Waals surface area contributed by atoms with Crippen LogP contribution >= 0.6 is 15.9 Å². The summed E-state index contributed by atoms with van der Waals surface area (Å²) in [6.07, 6.45) is 3.46. The van der Waals surface area contributed by atoms with Crippen molar-refractivity contribution in [2.24, 2.45) is 0 Å². The highest BCUT2D eigenvalue weighted by molar-refractivity contribution is 9.10. The molecule has 23 heavy (non-hydrogen) atoms. The topological polar surface area (TPSA) is 56.1 Å². The monoisotopic (exact) mass is 389 g/mol. The molecule has 3 rings (SSSR count). The molecule has 0 amide bonds. The van der Waals surface area contributed by atoms with E-state index < -0.39 is 10.0 Å². The van der Waals surface area contributed by atoms with Crippen molar-refractivity contribution >= 4 is 32.2 Å². The number of aldehydes is 1. The number of rotatable bonds is 4. The second-order valence-corrected chi connectivity index (χ2v) is 7.66. The maximum Gasteiger partial charge on any atom is 0.267 e. The van der Waals surface area contributed by atoms with E-state index in [2.05, 4.69) is 15.9 Å². The second-order valence-electron chi connectivity index (χ2n) is 4.90. The number of aromatic nitrogens is 1. The summed E-state index contributed by atoms with van der Waals surface area (Å²) in [6, 6.07) is 15.5. The summed E-state index contributed by atoms with van der Waals surface area (Å²) in [5.41, 5.74) is 1.66. The molecule has 0 aliphatic carbocycles. The van der Waals surface area contributed by atoms with Crippen LogP contribution in [0, 0.1) is 0 Å². The summed E-state index contributed by atoms with van der Waals surface area (Å²) in [7, 11) is -3.72. The minimum absolute atomic E-state index is 0.174. The van der Waals surface area contributed by atoms with Crippen LogP contribution in [-0.2, 0) is 10.0 Å². The molecule has 0 saturated heterocycles. The molecule has 0 unspecified atom stereocenters. The van der Waals surface area contributed by atoms with E-state index >= 15 is 0 Å². The van der Waals surface area contributed by atoms with Crippen LogP contribution in [0.1, 0.15) is 10.4 Å². The van der Waals surface area contributed by atoms with Crippen LogP contribution in [0.3, 0.4) is 0 Å². The van der Waals surface area contributed by atoms with Gasteiger partial charge in [0.1, 0.15) is 0 Å². The van der Waals surface area contributed by atoms with Gasteiger partial charge in [-0.1, -0.05) is 46.3 Å². The summed E-state index contributed by atoms with van der Waals surface area (Å²) in [5.74, 6) is 0. The Bertz CT molecular complexity index is 963. The van der Waals surface area contributed by atoms with Gasteiger partial charge in [-0.05, 0) is 29.8 Å². The highest BCUT2D eigenvalue weighted by Crippen LogP contribution is 2.28. The van der Waals surface area contributed by atoms with Crippen LogP contribution in [-0.4, -0.2) is 18.7 Å². The highest BCUT2D eigenvalue weighted by Gasteiger charge is 2.19. The van der Waals surface area contributed by atoms with Gasteiger partial charge in [0.05, 0.1) is 4.90 Å². The molecule has 0 aliphatic rings. The lowest BCUT2D eigenvalue weighted by Gasteiger charge is -2.05. The molecule has 0 atom stereocenters. The van der Waals surface area contributed by atoms with Gasteiger partial charge in [-0.15, -0.1) is 0 Å². The SMILES string of the molecule is O=Cc1cn(S(=O)(=O)c2ccccc2)cc1-c1cccc(Br)c1. The Labute approximate surface area is 142 Å². The minimum atomic E-state index is -3.72. The number of hydrogen-bond acceptors (Lipinski definition) is 3. The molecule has 2 aromatic carbocycles. The van der Waals surface area contributed by atoms with Crippen molar-refractivity contribution in [3.05, 3.63) is 77.0 Å². The fourth-order valence-electron chi connectivity index (χ4n) is 2.29. The highest BCUT2D eigenvalue weighted by atomic mass is 79.9. The van der Waals surface area contributed by atoms with E-state index in [0.29, 0.717) is 17.4 Å². The summed E-state index contributed by atoms with van der Waals surface area (Å²) in [6.45, 7) is 0. The third-order valence-corrected chi connectivity index (χ3v) is 5.54. The van der Waals surface area contributed by atoms with Gasteiger partial charge in [0.25, 0.3) is 10.0 Å². The Hall–Kier alpha value is -2.18. The van der Waals surface area contributed by atoms with Gasteiger partial charge < -0.3 is 0 Å². The third kappa shape index (κ3) is 3.00. The largest absolute Gasteiger partial charge is 0.298 e. The van der Waals surface area contributed by atoms with Crippen LogP contribution in [0.4, 0.5) is 0 Å². The first kappa shape index (κ1) is 15.7. The number of nitrogens with zero attached hydrogens (tertiary/aromatic N) is 1. The molecule has 0 bridgehead atoms. The van der Waals surface area contributed by atoms with Crippen LogP contribution < -0.4 is 0 Å². The van der Waals surface area contributed by atoms with E-state index in [9.17, 15) is 13.2 Å². The maximum atomic E-state index is 12.7. The average Bonchev–Trinajstić information content (AvgIpc) is 3.01. The fourth-order valence-corrected chi connectivity index (χ4v) is 3.93. The summed E-state index contributed by atoms with van der Waals surface area (Å²) in [5, 5.41) is 0. The zero-order valence-corrected chi connectivity index (χ0v) is 14.3. The van der Waals surface area contributed by atoms with Gasteiger partial charge >= 0.3 is 0 Å². The molecule has 0 spiro atoms. The Balaban J connectivity index is 2.15. The van der Waals surface area contributed by atoms with Crippen molar-refractivity contribution in [3.63, 3.8) is 0 Å². The van der Waals surface area contributed by atoms with Gasteiger partial charge in [-0.3, -0.25) is 4.79 Å². The minimum Gasteiger partial charge on any atom is -0.298 e. The van der Waals surface area contributed by atoms with Crippen LogP contribution in [0.2, 0.25) is 0 Å². The van der Waals surface area contributed by atoms with E-state index in [-0.39, 0.29) is 4.90 Å². The van der Waals surface area contributed by atoms with Gasteiger partial charge in [0.15, 0.2) is 6.29 Å². The van der Waals surface area contributed by atoms with Gasteiger partial charge in [-0.25, -0.2) is 12.4 Å². The lowest BCUT2D eigenvalue weighted by Crippen LogP contribution is -2.10. The lowest BCUT2D eigenvalue weighted by molar-refractivity contribution is 0.112. The zero-order chi connectivity index (χ0) is 16.4. The van der Waals surface area contributed by atoms with Crippen LogP contribution in [0.5, 0.6) is 0 Å². The predicted octanol–water partition coefficient (Wildman–Crippen LogP) is 3.97. The third-order valence-electron chi connectivity index (χ3n) is 3.41. The van der Waals surface area contributed by atoms with Crippen molar-refractivity contribution in [2.75, 3.05) is 0 Å². The molecular formula is C17H12BrNO3S. The lowest BCUT2D eigenvalue weighted by atomic mass is 10.1. The molecule has 0 radical (unpaired) electrons. The molecule has 4 nitrogen and oxygen atoms in total. The zero-order valence-electron chi connectivity index (χ0n) is 11.9. The quantitative estimate of drug-likeness (QED) is 0.634. The Morgan fingerprint density at radius 3 is 2.35 bits per heavy atom. The molecule has 116 valence electrons. The molecular weight excluding hydrogens is 378 g/mol. The fraction of sp³-hybridized carbons (Fsp3) is 0. The molecule has 3 aromatic rings.